The summed E-state index contributed by atoms with van der Waals surface area (Å²) >= 11 is 0. The highest BCUT2D eigenvalue weighted by atomic mass is 14.9. The highest BCUT2D eigenvalue weighted by Crippen LogP contribution is 2.33. The van der Waals surface area contributed by atoms with Crippen molar-refractivity contribution < 1.29 is 0 Å². The van der Waals surface area contributed by atoms with Crippen molar-refractivity contribution in [1.29, 1.82) is 0 Å². The molecule has 3 nitrogen and oxygen atoms in total. The monoisotopic (exact) mass is 291 g/mol. The van der Waals surface area contributed by atoms with E-state index in [0.29, 0.717) is 5.92 Å². The van der Waals surface area contributed by atoms with Crippen molar-refractivity contribution in [2.75, 3.05) is 5.32 Å². The zero-order valence-electron chi connectivity index (χ0n) is 12.7. The molecule has 3 heteroatoms. The highest BCUT2D eigenvalue weighted by molar-refractivity contribution is 5.79. The van der Waals surface area contributed by atoms with Crippen LogP contribution in [-0.2, 0) is 6.54 Å². The number of aromatic nitrogens is 2. The van der Waals surface area contributed by atoms with Gasteiger partial charge < -0.3 is 10.3 Å². The lowest BCUT2D eigenvalue weighted by molar-refractivity contribution is 0.681. The molecule has 1 aliphatic carbocycles. The number of H-pyrrole nitrogens is 1. The Labute approximate surface area is 130 Å². The first-order valence-corrected chi connectivity index (χ1v) is 8.16. The third-order valence-electron chi connectivity index (χ3n) is 4.58. The van der Waals surface area contributed by atoms with Gasteiger partial charge in [0.05, 0.1) is 11.0 Å². The summed E-state index contributed by atoms with van der Waals surface area (Å²) in [5.74, 6) is 1.81. The molecule has 112 valence electrons. The predicted octanol–water partition coefficient (Wildman–Crippen LogP) is 4.83. The van der Waals surface area contributed by atoms with Crippen LogP contribution >= 0.6 is 0 Å². The van der Waals surface area contributed by atoms with Crippen LogP contribution in [-0.4, -0.2) is 9.97 Å². The number of nitrogens with zero attached hydrogens (tertiary/aromatic N) is 1. The fourth-order valence-corrected chi connectivity index (χ4v) is 3.33. The van der Waals surface area contributed by atoms with Crippen molar-refractivity contribution in [2.45, 2.75) is 38.1 Å². The number of fused-ring (bicyclic) bond motifs is 1. The van der Waals surface area contributed by atoms with Gasteiger partial charge in [0.2, 0.25) is 0 Å². The Balaban J connectivity index is 1.52. The van der Waals surface area contributed by atoms with Crippen LogP contribution in [0.1, 0.15) is 43.0 Å². The van der Waals surface area contributed by atoms with Crippen LogP contribution in [0.2, 0.25) is 0 Å². The summed E-state index contributed by atoms with van der Waals surface area (Å²) in [6.45, 7) is 0.843. The van der Waals surface area contributed by atoms with Crippen molar-refractivity contribution in [3.8, 4) is 0 Å². The predicted molar refractivity (Wildman–Crippen MR) is 91.1 cm³/mol. The maximum Gasteiger partial charge on any atom is 0.110 e. The van der Waals surface area contributed by atoms with E-state index < -0.39 is 0 Å². The number of imidazole rings is 1. The average molecular weight is 291 g/mol. The molecule has 0 spiro atoms. The number of hydrogen-bond acceptors (Lipinski definition) is 2. The molecule has 1 aliphatic rings. The van der Waals surface area contributed by atoms with E-state index in [4.69, 9.17) is 4.98 Å². The van der Waals surface area contributed by atoms with Crippen LogP contribution in [0.25, 0.3) is 11.0 Å². The summed E-state index contributed by atoms with van der Waals surface area (Å²) in [5, 5.41) is 3.48. The van der Waals surface area contributed by atoms with Crippen LogP contribution in [0.3, 0.4) is 0 Å². The maximum absolute atomic E-state index is 4.77. The summed E-state index contributed by atoms with van der Waals surface area (Å²) in [6, 6.07) is 16.9. The van der Waals surface area contributed by atoms with Crippen molar-refractivity contribution in [2.24, 2.45) is 0 Å². The van der Waals surface area contributed by atoms with Crippen LogP contribution in [0.5, 0.6) is 0 Å². The lowest BCUT2D eigenvalue weighted by Gasteiger charge is -2.06. The molecule has 1 heterocycles. The lowest BCUT2D eigenvalue weighted by Crippen LogP contribution is -1.98. The first-order valence-electron chi connectivity index (χ1n) is 8.16. The molecule has 0 saturated heterocycles. The van der Waals surface area contributed by atoms with E-state index in [0.717, 1.165) is 23.3 Å². The van der Waals surface area contributed by atoms with Gasteiger partial charge in [-0.25, -0.2) is 4.98 Å². The molecule has 2 aromatic carbocycles. The summed E-state index contributed by atoms with van der Waals surface area (Å²) in [7, 11) is 0. The van der Waals surface area contributed by atoms with Crippen molar-refractivity contribution in [1.82, 2.24) is 9.97 Å². The summed E-state index contributed by atoms with van der Waals surface area (Å²) in [6.07, 6.45) is 5.23. The van der Waals surface area contributed by atoms with Gasteiger partial charge >= 0.3 is 0 Å². The normalized spacial score (nSPS) is 15.5. The van der Waals surface area contributed by atoms with E-state index >= 15 is 0 Å². The molecule has 1 aromatic heterocycles. The summed E-state index contributed by atoms with van der Waals surface area (Å²) in [4.78, 5) is 8.30. The largest absolute Gasteiger partial charge is 0.381 e. The first-order chi connectivity index (χ1) is 10.9. The second kappa shape index (κ2) is 5.84. The SMILES string of the molecule is c1ccc(CNc2ccc3nc(C4CCCC4)[nH]c3c2)cc1. The summed E-state index contributed by atoms with van der Waals surface area (Å²) < 4.78 is 0. The van der Waals surface area contributed by atoms with Gasteiger partial charge in [0.1, 0.15) is 5.82 Å². The average Bonchev–Trinajstić information content (AvgIpc) is 3.22. The molecule has 0 bridgehead atoms. The zero-order valence-corrected chi connectivity index (χ0v) is 12.7. The first kappa shape index (κ1) is 13.4. The number of anilines is 1. The molecular formula is C19H21N3. The maximum atomic E-state index is 4.77. The van der Waals surface area contributed by atoms with E-state index in [1.54, 1.807) is 0 Å². The minimum atomic E-state index is 0.633. The van der Waals surface area contributed by atoms with Crippen LogP contribution in [0.4, 0.5) is 5.69 Å². The van der Waals surface area contributed by atoms with Gasteiger partial charge in [0, 0.05) is 18.2 Å². The van der Waals surface area contributed by atoms with E-state index in [1.165, 1.54) is 37.1 Å². The summed E-state index contributed by atoms with van der Waals surface area (Å²) in [5.41, 5.74) is 4.64. The third-order valence-corrected chi connectivity index (χ3v) is 4.58. The zero-order chi connectivity index (χ0) is 14.8. The van der Waals surface area contributed by atoms with E-state index in [9.17, 15) is 0 Å². The minimum Gasteiger partial charge on any atom is -0.381 e. The quantitative estimate of drug-likeness (QED) is 0.722. The molecule has 1 saturated carbocycles. The molecule has 0 unspecified atom stereocenters. The van der Waals surface area contributed by atoms with Gasteiger partial charge in [-0.2, -0.15) is 0 Å². The second-order valence-electron chi connectivity index (χ2n) is 6.17. The smallest absolute Gasteiger partial charge is 0.110 e. The van der Waals surface area contributed by atoms with Gasteiger partial charge in [0.15, 0.2) is 0 Å². The van der Waals surface area contributed by atoms with Crippen LogP contribution in [0, 0.1) is 0 Å². The van der Waals surface area contributed by atoms with Gasteiger partial charge in [0.25, 0.3) is 0 Å². The van der Waals surface area contributed by atoms with Crippen molar-refractivity contribution >= 4 is 16.7 Å². The molecule has 22 heavy (non-hydrogen) atoms. The van der Waals surface area contributed by atoms with Crippen molar-refractivity contribution in [3.63, 3.8) is 0 Å². The van der Waals surface area contributed by atoms with Crippen LogP contribution in [0.15, 0.2) is 48.5 Å². The molecular weight excluding hydrogens is 270 g/mol. The van der Waals surface area contributed by atoms with Gasteiger partial charge in [-0.05, 0) is 36.6 Å². The Morgan fingerprint density at radius 1 is 1.05 bits per heavy atom. The van der Waals surface area contributed by atoms with Crippen LogP contribution < -0.4 is 5.32 Å². The van der Waals surface area contributed by atoms with Gasteiger partial charge in [-0.3, -0.25) is 0 Å². The molecule has 0 amide bonds. The molecule has 1 fully saturated rings. The van der Waals surface area contributed by atoms with E-state index in [-0.39, 0.29) is 0 Å². The Bertz CT molecular complexity index is 755. The van der Waals surface area contributed by atoms with E-state index in [2.05, 4.69) is 52.8 Å². The molecule has 4 rings (SSSR count). The van der Waals surface area contributed by atoms with E-state index in [1.807, 2.05) is 6.07 Å². The standard InChI is InChI=1S/C19H21N3/c1-2-6-14(7-3-1)13-20-16-10-11-17-18(12-16)22-19(21-17)15-8-4-5-9-15/h1-3,6-7,10-12,15,20H,4-5,8-9,13H2,(H,21,22). The third kappa shape index (κ3) is 2.71. The number of rotatable bonds is 4. The molecule has 0 aliphatic heterocycles. The Morgan fingerprint density at radius 2 is 1.86 bits per heavy atom. The van der Waals surface area contributed by atoms with Gasteiger partial charge in [-0.15, -0.1) is 0 Å². The topological polar surface area (TPSA) is 40.7 Å². The number of aromatic amines is 1. The second-order valence-corrected chi connectivity index (χ2v) is 6.17. The fraction of sp³-hybridized carbons (Fsp3) is 0.316. The molecule has 0 radical (unpaired) electrons. The number of benzene rings is 2. The van der Waals surface area contributed by atoms with Crippen molar-refractivity contribution in [3.05, 3.63) is 59.9 Å². The Kier molecular flexibility index (Phi) is 3.55. The number of hydrogen-bond donors (Lipinski definition) is 2. The Morgan fingerprint density at radius 3 is 2.68 bits per heavy atom. The highest BCUT2D eigenvalue weighted by Gasteiger charge is 2.20. The Hall–Kier alpha value is -2.29. The molecule has 0 atom stereocenters. The molecule has 3 aromatic rings. The minimum absolute atomic E-state index is 0.633. The van der Waals surface area contributed by atoms with Gasteiger partial charge in [-0.1, -0.05) is 43.2 Å². The lowest BCUT2D eigenvalue weighted by atomic mass is 10.1. The fourth-order valence-electron chi connectivity index (χ4n) is 3.33. The number of nitrogens with one attached hydrogen (secondary N) is 2. The molecule has 2 N–H and O–H groups in total.